The lowest BCUT2D eigenvalue weighted by Gasteiger charge is -2.27. The van der Waals surface area contributed by atoms with Crippen molar-refractivity contribution in [1.82, 2.24) is 0 Å². The van der Waals surface area contributed by atoms with Crippen molar-refractivity contribution >= 4 is 5.84 Å². The summed E-state index contributed by atoms with van der Waals surface area (Å²) in [7, 11) is 0. The number of aliphatic imine (C=N–C) groups is 1. The van der Waals surface area contributed by atoms with E-state index in [1.165, 1.54) is 25.7 Å². The van der Waals surface area contributed by atoms with E-state index in [0.29, 0.717) is 6.04 Å². The summed E-state index contributed by atoms with van der Waals surface area (Å²) in [6.45, 7) is 8.67. The summed E-state index contributed by atoms with van der Waals surface area (Å²) in [6, 6.07) is 0.425. The molecule has 0 radical (unpaired) electrons. The van der Waals surface area contributed by atoms with Crippen molar-refractivity contribution < 1.29 is 0 Å². The molecule has 4 atom stereocenters. The monoisotopic (exact) mass is 222 g/mol. The maximum Gasteiger partial charge on any atom is 0.0994 e. The summed E-state index contributed by atoms with van der Waals surface area (Å²) in [5.41, 5.74) is 6.09. The number of hydrogen-bond donors (Lipinski definition) is 1. The summed E-state index contributed by atoms with van der Waals surface area (Å²) in [6.07, 6.45) is 5.75. The van der Waals surface area contributed by atoms with Crippen LogP contribution in [0.3, 0.4) is 0 Å². The summed E-state index contributed by atoms with van der Waals surface area (Å²) >= 11 is 0. The minimum Gasteiger partial charge on any atom is -0.387 e. The SMILES string of the molecule is CC(N=C(N)C(C)(C)C)C1CC2CCC1C2. The molecule has 0 aromatic carbocycles. The Hall–Kier alpha value is -0.530. The molecule has 2 aliphatic rings. The van der Waals surface area contributed by atoms with E-state index in [1.807, 2.05) is 0 Å². The Morgan fingerprint density at radius 2 is 1.94 bits per heavy atom. The highest BCUT2D eigenvalue weighted by molar-refractivity contribution is 5.85. The standard InChI is InChI=1S/C14H26N2/c1-9(16-13(15)14(2,3)4)12-8-10-5-6-11(12)7-10/h9-12H,5-8H2,1-4H3,(H2,15,16). The predicted molar refractivity (Wildman–Crippen MR) is 69.5 cm³/mol. The Labute approximate surface area is 99.7 Å². The van der Waals surface area contributed by atoms with Crippen LogP contribution in [0.5, 0.6) is 0 Å². The molecule has 4 unspecified atom stereocenters. The smallest absolute Gasteiger partial charge is 0.0994 e. The molecule has 2 rings (SSSR count). The van der Waals surface area contributed by atoms with Crippen LogP contribution in [-0.2, 0) is 0 Å². The van der Waals surface area contributed by atoms with Gasteiger partial charge in [-0.1, -0.05) is 27.2 Å². The van der Waals surface area contributed by atoms with Gasteiger partial charge in [-0.2, -0.15) is 0 Å². The first-order chi connectivity index (χ1) is 7.38. The van der Waals surface area contributed by atoms with Gasteiger partial charge in [0.25, 0.3) is 0 Å². The van der Waals surface area contributed by atoms with E-state index in [0.717, 1.165) is 23.6 Å². The largest absolute Gasteiger partial charge is 0.387 e. The van der Waals surface area contributed by atoms with Crippen LogP contribution in [-0.4, -0.2) is 11.9 Å². The number of fused-ring (bicyclic) bond motifs is 2. The van der Waals surface area contributed by atoms with Gasteiger partial charge in [-0.15, -0.1) is 0 Å². The van der Waals surface area contributed by atoms with Crippen molar-refractivity contribution in [1.29, 1.82) is 0 Å². The first-order valence-corrected chi connectivity index (χ1v) is 6.71. The maximum atomic E-state index is 6.07. The van der Waals surface area contributed by atoms with Crippen molar-refractivity contribution in [2.24, 2.45) is 33.9 Å². The van der Waals surface area contributed by atoms with Crippen molar-refractivity contribution in [3.63, 3.8) is 0 Å². The van der Waals surface area contributed by atoms with Crippen molar-refractivity contribution in [3.8, 4) is 0 Å². The van der Waals surface area contributed by atoms with E-state index in [1.54, 1.807) is 0 Å². The Bertz CT molecular complexity index is 288. The highest BCUT2D eigenvalue weighted by Crippen LogP contribution is 2.50. The van der Waals surface area contributed by atoms with Gasteiger partial charge in [0.1, 0.15) is 0 Å². The average Bonchev–Trinajstić information content (AvgIpc) is 2.76. The average molecular weight is 222 g/mol. The van der Waals surface area contributed by atoms with Crippen molar-refractivity contribution in [3.05, 3.63) is 0 Å². The Kier molecular flexibility index (Phi) is 3.02. The van der Waals surface area contributed by atoms with E-state index >= 15 is 0 Å². The molecular formula is C14H26N2. The second-order valence-electron chi connectivity index (χ2n) is 6.84. The van der Waals surface area contributed by atoms with Crippen LogP contribution in [0.25, 0.3) is 0 Å². The second kappa shape index (κ2) is 4.05. The maximum absolute atomic E-state index is 6.07. The quantitative estimate of drug-likeness (QED) is 0.565. The van der Waals surface area contributed by atoms with Gasteiger partial charge in [-0.05, 0) is 43.9 Å². The molecule has 92 valence electrons. The van der Waals surface area contributed by atoms with Crippen molar-refractivity contribution in [2.75, 3.05) is 0 Å². The molecule has 2 aliphatic carbocycles. The number of nitrogens with two attached hydrogens (primary N) is 1. The zero-order valence-electron chi connectivity index (χ0n) is 11.2. The number of nitrogens with zero attached hydrogens (tertiary/aromatic N) is 1. The van der Waals surface area contributed by atoms with Crippen LogP contribution in [0.15, 0.2) is 4.99 Å². The molecule has 0 aromatic heterocycles. The summed E-state index contributed by atoms with van der Waals surface area (Å²) in [5, 5.41) is 0. The van der Waals surface area contributed by atoms with Crippen LogP contribution in [0.4, 0.5) is 0 Å². The molecule has 2 N–H and O–H groups in total. The molecule has 0 aliphatic heterocycles. The van der Waals surface area contributed by atoms with Crippen LogP contribution in [0.1, 0.15) is 53.4 Å². The van der Waals surface area contributed by atoms with Gasteiger partial charge in [0.15, 0.2) is 0 Å². The predicted octanol–water partition coefficient (Wildman–Crippen LogP) is 3.21. The molecule has 0 aromatic rings. The summed E-state index contributed by atoms with van der Waals surface area (Å²) < 4.78 is 0. The fourth-order valence-corrected chi connectivity index (χ4v) is 3.39. The van der Waals surface area contributed by atoms with E-state index < -0.39 is 0 Å². The van der Waals surface area contributed by atoms with Crippen LogP contribution in [0, 0.1) is 23.2 Å². The highest BCUT2D eigenvalue weighted by Gasteiger charge is 2.41. The van der Waals surface area contributed by atoms with E-state index in [2.05, 4.69) is 27.7 Å². The Balaban J connectivity index is 2.01. The first kappa shape index (κ1) is 11.9. The second-order valence-corrected chi connectivity index (χ2v) is 6.84. The Morgan fingerprint density at radius 3 is 2.38 bits per heavy atom. The van der Waals surface area contributed by atoms with Gasteiger partial charge >= 0.3 is 0 Å². The number of amidine groups is 1. The van der Waals surface area contributed by atoms with Gasteiger partial charge in [-0.3, -0.25) is 4.99 Å². The fourth-order valence-electron chi connectivity index (χ4n) is 3.39. The van der Waals surface area contributed by atoms with Gasteiger partial charge in [-0.25, -0.2) is 0 Å². The molecule has 0 saturated heterocycles. The molecular weight excluding hydrogens is 196 g/mol. The van der Waals surface area contributed by atoms with E-state index in [9.17, 15) is 0 Å². The number of rotatable bonds is 2. The Morgan fingerprint density at radius 1 is 1.25 bits per heavy atom. The third-order valence-corrected chi connectivity index (χ3v) is 4.52. The molecule has 0 spiro atoms. The van der Waals surface area contributed by atoms with E-state index in [4.69, 9.17) is 10.7 Å². The first-order valence-electron chi connectivity index (χ1n) is 6.71. The lowest BCUT2D eigenvalue weighted by atomic mass is 9.84. The zero-order valence-corrected chi connectivity index (χ0v) is 11.2. The third-order valence-electron chi connectivity index (χ3n) is 4.52. The molecule has 0 heterocycles. The van der Waals surface area contributed by atoms with Crippen LogP contribution >= 0.6 is 0 Å². The van der Waals surface area contributed by atoms with Gasteiger partial charge in [0.05, 0.1) is 11.9 Å². The minimum atomic E-state index is 0.0197. The lowest BCUT2D eigenvalue weighted by molar-refractivity contribution is 0.292. The normalized spacial score (nSPS) is 36.8. The lowest BCUT2D eigenvalue weighted by Crippen LogP contribution is -2.32. The molecule has 2 bridgehead atoms. The molecule has 0 amide bonds. The molecule has 2 heteroatoms. The van der Waals surface area contributed by atoms with E-state index in [-0.39, 0.29) is 5.41 Å². The minimum absolute atomic E-state index is 0.0197. The number of hydrogen-bond acceptors (Lipinski definition) is 1. The molecule has 2 fully saturated rings. The zero-order chi connectivity index (χ0) is 11.9. The fraction of sp³-hybridized carbons (Fsp3) is 0.929. The topological polar surface area (TPSA) is 38.4 Å². The van der Waals surface area contributed by atoms with Crippen LogP contribution < -0.4 is 5.73 Å². The summed E-state index contributed by atoms with van der Waals surface area (Å²) in [5.74, 6) is 3.57. The van der Waals surface area contributed by atoms with Crippen molar-refractivity contribution in [2.45, 2.75) is 59.4 Å². The molecule has 16 heavy (non-hydrogen) atoms. The third kappa shape index (κ3) is 2.26. The van der Waals surface area contributed by atoms with Crippen LogP contribution in [0.2, 0.25) is 0 Å². The highest BCUT2D eigenvalue weighted by atomic mass is 14.9. The van der Waals surface area contributed by atoms with Gasteiger partial charge in [0, 0.05) is 5.41 Å². The molecule has 2 saturated carbocycles. The van der Waals surface area contributed by atoms with Gasteiger partial charge < -0.3 is 5.73 Å². The summed E-state index contributed by atoms with van der Waals surface area (Å²) in [4.78, 5) is 4.74. The van der Waals surface area contributed by atoms with Gasteiger partial charge in [0.2, 0.25) is 0 Å². The molecule has 2 nitrogen and oxygen atoms in total.